The Morgan fingerprint density at radius 2 is 1.58 bits per heavy atom. The van der Waals surface area contributed by atoms with Crippen LogP contribution in [0.3, 0.4) is 0 Å². The largest absolute Gasteiger partial charge is 0.399 e. The molecule has 0 spiro atoms. The van der Waals surface area contributed by atoms with E-state index in [1.807, 2.05) is 0 Å². The van der Waals surface area contributed by atoms with Crippen LogP contribution in [-0.4, -0.2) is 24.4 Å². The molecular formula is C8H7NO3. The van der Waals surface area contributed by atoms with E-state index in [0.29, 0.717) is 5.71 Å². The number of allylic oxidation sites excluding steroid dienone is 4. The van der Waals surface area contributed by atoms with Crippen molar-refractivity contribution in [3.63, 3.8) is 0 Å². The average molecular weight is 165 g/mol. The van der Waals surface area contributed by atoms with Gasteiger partial charge in [0.15, 0.2) is 0 Å². The van der Waals surface area contributed by atoms with E-state index < -0.39 is 11.6 Å². The molecule has 0 aromatic rings. The lowest BCUT2D eigenvalue weighted by Gasteiger charge is -1.87. The second-order valence-electron chi connectivity index (χ2n) is 2.09. The third kappa shape index (κ3) is 1.88. The van der Waals surface area contributed by atoms with Crippen molar-refractivity contribution in [2.24, 2.45) is 5.16 Å². The molecule has 0 saturated heterocycles. The third-order valence-corrected chi connectivity index (χ3v) is 1.25. The SMILES string of the molecule is CON=C1C=CC(=O)C(=O)C=C1. The van der Waals surface area contributed by atoms with Crippen molar-refractivity contribution in [1.29, 1.82) is 0 Å². The van der Waals surface area contributed by atoms with Crippen LogP contribution < -0.4 is 0 Å². The van der Waals surface area contributed by atoms with Crippen LogP contribution in [0.4, 0.5) is 0 Å². The molecule has 0 bridgehead atoms. The molecule has 0 radical (unpaired) electrons. The van der Waals surface area contributed by atoms with Crippen LogP contribution in [0.15, 0.2) is 29.5 Å². The summed E-state index contributed by atoms with van der Waals surface area (Å²) in [5.74, 6) is -1.10. The zero-order valence-corrected chi connectivity index (χ0v) is 6.48. The second-order valence-corrected chi connectivity index (χ2v) is 2.09. The summed E-state index contributed by atoms with van der Waals surface area (Å²) in [6.07, 6.45) is 5.18. The van der Waals surface area contributed by atoms with Gasteiger partial charge in [0, 0.05) is 0 Å². The fourth-order valence-electron chi connectivity index (χ4n) is 0.708. The molecule has 1 aliphatic rings. The van der Waals surface area contributed by atoms with Crippen molar-refractivity contribution in [3.8, 4) is 0 Å². The van der Waals surface area contributed by atoms with Crippen LogP contribution in [0.1, 0.15) is 0 Å². The van der Waals surface area contributed by atoms with Gasteiger partial charge in [0.25, 0.3) is 0 Å². The highest BCUT2D eigenvalue weighted by molar-refractivity contribution is 6.47. The zero-order chi connectivity index (χ0) is 8.97. The molecule has 0 unspecified atom stereocenters. The maximum absolute atomic E-state index is 10.8. The average Bonchev–Trinajstić information content (AvgIpc) is 2.20. The monoisotopic (exact) mass is 165 g/mol. The van der Waals surface area contributed by atoms with E-state index in [2.05, 4.69) is 9.99 Å². The molecule has 0 saturated carbocycles. The Balaban J connectivity index is 2.93. The van der Waals surface area contributed by atoms with Crippen LogP contribution in [0, 0.1) is 0 Å². The first kappa shape index (κ1) is 8.39. The Kier molecular flexibility index (Phi) is 2.53. The molecule has 1 rings (SSSR count). The number of carbonyl (C=O) groups excluding carboxylic acids is 2. The summed E-state index contributed by atoms with van der Waals surface area (Å²) in [7, 11) is 1.39. The van der Waals surface area contributed by atoms with Gasteiger partial charge in [-0.2, -0.15) is 0 Å². The van der Waals surface area contributed by atoms with E-state index in [9.17, 15) is 9.59 Å². The smallest absolute Gasteiger partial charge is 0.225 e. The van der Waals surface area contributed by atoms with Gasteiger partial charge in [-0.3, -0.25) is 9.59 Å². The molecule has 12 heavy (non-hydrogen) atoms. The number of hydrogen-bond donors (Lipinski definition) is 0. The maximum Gasteiger partial charge on any atom is 0.225 e. The normalized spacial score (nSPS) is 16.2. The summed E-state index contributed by atoms with van der Waals surface area (Å²) in [6.45, 7) is 0. The van der Waals surface area contributed by atoms with E-state index >= 15 is 0 Å². The van der Waals surface area contributed by atoms with E-state index in [0.717, 1.165) is 0 Å². The molecule has 0 fully saturated rings. The van der Waals surface area contributed by atoms with Crippen molar-refractivity contribution < 1.29 is 14.4 Å². The summed E-state index contributed by atoms with van der Waals surface area (Å²) in [5.41, 5.74) is 0.441. The van der Waals surface area contributed by atoms with Crippen molar-refractivity contribution in [3.05, 3.63) is 24.3 Å². The Bertz CT molecular complexity index is 273. The molecule has 0 heterocycles. The number of hydrogen-bond acceptors (Lipinski definition) is 4. The van der Waals surface area contributed by atoms with Gasteiger partial charge < -0.3 is 4.84 Å². The van der Waals surface area contributed by atoms with Gasteiger partial charge in [-0.25, -0.2) is 0 Å². The van der Waals surface area contributed by atoms with Gasteiger partial charge in [0.05, 0.1) is 0 Å². The predicted octanol–water partition coefficient (Wildman–Crippen LogP) is 0.253. The third-order valence-electron chi connectivity index (χ3n) is 1.25. The lowest BCUT2D eigenvalue weighted by molar-refractivity contribution is -0.130. The molecule has 62 valence electrons. The van der Waals surface area contributed by atoms with Gasteiger partial charge in [-0.15, -0.1) is 0 Å². The first-order valence-corrected chi connectivity index (χ1v) is 3.29. The summed E-state index contributed by atoms with van der Waals surface area (Å²) in [4.78, 5) is 26.0. The number of nitrogens with zero attached hydrogens (tertiary/aromatic N) is 1. The van der Waals surface area contributed by atoms with Crippen molar-refractivity contribution >= 4 is 17.3 Å². The molecule has 0 aromatic heterocycles. The lowest BCUT2D eigenvalue weighted by atomic mass is 10.2. The summed E-state index contributed by atoms with van der Waals surface area (Å²) in [6, 6.07) is 0. The van der Waals surface area contributed by atoms with Crippen LogP contribution in [0.25, 0.3) is 0 Å². The molecule has 0 aromatic carbocycles. The van der Waals surface area contributed by atoms with Gasteiger partial charge >= 0.3 is 0 Å². The first-order chi connectivity index (χ1) is 5.74. The van der Waals surface area contributed by atoms with Gasteiger partial charge in [0.2, 0.25) is 11.6 Å². The van der Waals surface area contributed by atoms with Crippen LogP contribution >= 0.6 is 0 Å². The molecule has 1 aliphatic carbocycles. The van der Waals surface area contributed by atoms with Crippen molar-refractivity contribution in [1.82, 2.24) is 0 Å². The summed E-state index contributed by atoms with van der Waals surface area (Å²) >= 11 is 0. The Morgan fingerprint density at radius 1 is 1.08 bits per heavy atom. The van der Waals surface area contributed by atoms with Crippen LogP contribution in [0.2, 0.25) is 0 Å². The lowest BCUT2D eigenvalue weighted by Crippen LogP contribution is -2.05. The van der Waals surface area contributed by atoms with Gasteiger partial charge in [0.1, 0.15) is 12.8 Å². The number of ketones is 2. The number of rotatable bonds is 1. The molecule has 0 atom stereocenters. The topological polar surface area (TPSA) is 55.7 Å². The Labute approximate surface area is 69.2 Å². The van der Waals surface area contributed by atoms with Crippen LogP contribution in [0.5, 0.6) is 0 Å². The Morgan fingerprint density at radius 3 is 2.00 bits per heavy atom. The minimum Gasteiger partial charge on any atom is -0.399 e. The quantitative estimate of drug-likeness (QED) is 0.413. The predicted molar refractivity (Wildman–Crippen MR) is 42.7 cm³/mol. The maximum atomic E-state index is 10.8. The van der Waals surface area contributed by atoms with E-state index in [1.165, 1.54) is 31.4 Å². The Hall–Kier alpha value is -1.71. The molecule has 0 aliphatic heterocycles. The molecule has 0 N–H and O–H groups in total. The van der Waals surface area contributed by atoms with E-state index in [-0.39, 0.29) is 0 Å². The fraction of sp³-hybridized carbons (Fsp3) is 0.125. The molecule has 4 nitrogen and oxygen atoms in total. The van der Waals surface area contributed by atoms with Crippen molar-refractivity contribution in [2.45, 2.75) is 0 Å². The van der Waals surface area contributed by atoms with Crippen molar-refractivity contribution in [2.75, 3.05) is 7.11 Å². The van der Waals surface area contributed by atoms with Crippen LogP contribution in [-0.2, 0) is 14.4 Å². The standard InChI is InChI=1S/C8H7NO3/c1-12-9-6-2-4-7(10)8(11)5-3-6/h2-5H,1H3. The number of carbonyl (C=O) groups is 2. The highest BCUT2D eigenvalue weighted by Gasteiger charge is 2.09. The minimum atomic E-state index is -0.549. The van der Waals surface area contributed by atoms with E-state index in [1.54, 1.807) is 0 Å². The first-order valence-electron chi connectivity index (χ1n) is 3.29. The highest BCUT2D eigenvalue weighted by Crippen LogP contribution is 1.95. The zero-order valence-electron chi connectivity index (χ0n) is 6.48. The molecule has 0 amide bonds. The van der Waals surface area contributed by atoms with Gasteiger partial charge in [-0.1, -0.05) is 5.16 Å². The summed E-state index contributed by atoms with van der Waals surface area (Å²) < 4.78 is 0. The van der Waals surface area contributed by atoms with E-state index in [4.69, 9.17) is 0 Å². The highest BCUT2D eigenvalue weighted by atomic mass is 16.6. The summed E-state index contributed by atoms with van der Waals surface area (Å²) in [5, 5.41) is 3.55. The number of oxime groups is 1. The minimum absolute atomic E-state index is 0.441. The van der Waals surface area contributed by atoms with Gasteiger partial charge in [-0.05, 0) is 24.3 Å². The molecular weight excluding hydrogens is 158 g/mol. The second kappa shape index (κ2) is 3.61. The molecule has 4 heteroatoms. The fourth-order valence-corrected chi connectivity index (χ4v) is 0.708.